The highest BCUT2D eigenvalue weighted by molar-refractivity contribution is 8.18. The zero-order valence-electron chi connectivity index (χ0n) is 17.4. The zero-order valence-corrected chi connectivity index (χ0v) is 18.2. The number of ether oxygens (including phenoxy) is 1. The molecule has 0 aromatic heterocycles. The van der Waals surface area contributed by atoms with E-state index in [0.29, 0.717) is 5.69 Å². The van der Waals surface area contributed by atoms with E-state index < -0.39 is 0 Å². The van der Waals surface area contributed by atoms with Gasteiger partial charge in [0.1, 0.15) is 5.75 Å². The number of amides is 2. The Hall–Kier alpha value is -3.83. The van der Waals surface area contributed by atoms with Crippen LogP contribution in [0.1, 0.15) is 0 Å². The molecule has 1 aliphatic rings. The van der Waals surface area contributed by atoms with E-state index in [4.69, 9.17) is 4.74 Å². The minimum Gasteiger partial charge on any atom is -0.496 e. The van der Waals surface area contributed by atoms with Crippen LogP contribution in [-0.4, -0.2) is 18.3 Å². The Morgan fingerprint density at radius 1 is 0.781 bits per heavy atom. The van der Waals surface area contributed by atoms with Gasteiger partial charge in [0, 0.05) is 5.56 Å². The van der Waals surface area contributed by atoms with Crippen molar-refractivity contribution >= 4 is 39.4 Å². The quantitative estimate of drug-likeness (QED) is 0.326. The minimum atomic E-state index is -0.359. The van der Waals surface area contributed by atoms with Crippen molar-refractivity contribution in [2.75, 3.05) is 12.0 Å². The Labute approximate surface area is 190 Å². The number of carbonyl (C=O) groups excluding carboxylic acids is 2. The maximum atomic E-state index is 12.3. The van der Waals surface area contributed by atoms with Crippen molar-refractivity contribution in [2.45, 2.75) is 0 Å². The molecule has 5 rings (SSSR count). The molecule has 1 saturated heterocycles. The van der Waals surface area contributed by atoms with E-state index in [2.05, 4.69) is 30.8 Å². The van der Waals surface area contributed by atoms with Crippen molar-refractivity contribution in [3.63, 3.8) is 0 Å². The average Bonchev–Trinajstić information content (AvgIpc) is 3.09. The predicted octanol–water partition coefficient (Wildman–Crippen LogP) is 6.90. The summed E-state index contributed by atoms with van der Waals surface area (Å²) in [5.74, 6) is 0.465. The lowest BCUT2D eigenvalue weighted by Gasteiger charge is -2.14. The number of fused-ring (bicyclic) bond motifs is 1. The van der Waals surface area contributed by atoms with E-state index in [9.17, 15) is 9.59 Å². The molecule has 0 unspecified atom stereocenters. The molecule has 156 valence electrons. The van der Waals surface area contributed by atoms with Gasteiger partial charge in [0.25, 0.3) is 11.1 Å². The van der Waals surface area contributed by atoms with E-state index in [-0.39, 0.29) is 16.1 Å². The molecule has 1 fully saturated rings. The lowest BCUT2D eigenvalue weighted by Crippen LogP contribution is -2.27. The van der Waals surface area contributed by atoms with Crippen LogP contribution in [0.2, 0.25) is 0 Å². The Kier molecular flexibility index (Phi) is 5.04. The number of hydrogen-bond donors (Lipinski definition) is 0. The highest BCUT2D eigenvalue weighted by Gasteiger charge is 2.35. The number of imide groups is 1. The normalized spacial score (nSPS) is 13.8. The highest BCUT2D eigenvalue weighted by Crippen LogP contribution is 2.37. The largest absolute Gasteiger partial charge is 0.496 e. The van der Waals surface area contributed by atoms with Gasteiger partial charge >= 0.3 is 0 Å². The van der Waals surface area contributed by atoms with E-state index in [1.807, 2.05) is 54.6 Å². The number of rotatable bonds is 4. The van der Waals surface area contributed by atoms with Gasteiger partial charge in [0.2, 0.25) is 0 Å². The molecule has 0 radical (unpaired) electrons. The van der Waals surface area contributed by atoms with Crippen LogP contribution in [0.15, 0.2) is 96.4 Å². The molecule has 0 aliphatic carbocycles. The molecular formula is C27H19NO3S. The first-order valence-corrected chi connectivity index (χ1v) is 10.9. The van der Waals surface area contributed by atoms with Gasteiger partial charge in [0.05, 0.1) is 17.7 Å². The molecule has 4 aromatic carbocycles. The summed E-state index contributed by atoms with van der Waals surface area (Å²) in [6.45, 7) is 3.65. The second-order valence-corrected chi connectivity index (χ2v) is 8.51. The first-order valence-electron chi connectivity index (χ1n) is 10.1. The molecule has 0 bridgehead atoms. The van der Waals surface area contributed by atoms with Gasteiger partial charge in [0.15, 0.2) is 0 Å². The molecule has 0 spiro atoms. The third-order valence-corrected chi connectivity index (χ3v) is 6.31. The topological polar surface area (TPSA) is 46.6 Å². The molecule has 1 heterocycles. The van der Waals surface area contributed by atoms with Gasteiger partial charge < -0.3 is 4.74 Å². The Morgan fingerprint density at radius 3 is 2.19 bits per heavy atom. The summed E-state index contributed by atoms with van der Waals surface area (Å²) < 4.78 is 5.58. The third-order valence-electron chi connectivity index (χ3n) is 5.53. The predicted molar refractivity (Wildman–Crippen MR) is 131 cm³/mol. The molecule has 1 aliphatic heterocycles. The maximum Gasteiger partial charge on any atom is 0.298 e. The van der Waals surface area contributed by atoms with E-state index in [1.165, 1.54) is 4.90 Å². The smallest absolute Gasteiger partial charge is 0.298 e. The van der Waals surface area contributed by atoms with Crippen LogP contribution < -0.4 is 9.64 Å². The van der Waals surface area contributed by atoms with Crippen LogP contribution in [0.3, 0.4) is 0 Å². The molecule has 0 atom stereocenters. The zero-order chi connectivity index (χ0) is 22.2. The fourth-order valence-corrected chi connectivity index (χ4v) is 4.58. The van der Waals surface area contributed by atoms with E-state index in [0.717, 1.165) is 50.5 Å². The number of anilines is 1. The molecule has 0 N–H and O–H groups in total. The summed E-state index contributed by atoms with van der Waals surface area (Å²) in [4.78, 5) is 25.9. The fourth-order valence-electron chi connectivity index (χ4n) is 3.91. The summed E-state index contributed by atoms with van der Waals surface area (Å²) in [5, 5.41) is 1.66. The molecule has 4 nitrogen and oxygen atoms in total. The van der Waals surface area contributed by atoms with Crippen molar-refractivity contribution in [1.82, 2.24) is 0 Å². The number of hydrogen-bond acceptors (Lipinski definition) is 4. The molecular weight excluding hydrogens is 418 g/mol. The van der Waals surface area contributed by atoms with Gasteiger partial charge in [-0.2, -0.15) is 0 Å². The number of benzene rings is 4. The van der Waals surface area contributed by atoms with Crippen molar-refractivity contribution in [3.8, 4) is 28.0 Å². The van der Waals surface area contributed by atoms with Crippen LogP contribution in [0, 0.1) is 0 Å². The summed E-state index contributed by atoms with van der Waals surface area (Å²) in [5.41, 5.74) is 4.83. The van der Waals surface area contributed by atoms with Crippen LogP contribution in [0.4, 0.5) is 10.5 Å². The average molecular weight is 438 g/mol. The number of methoxy groups -OCH3 is 1. The lowest BCUT2D eigenvalue weighted by molar-refractivity contribution is -0.113. The lowest BCUT2D eigenvalue weighted by atomic mass is 9.96. The Balaban J connectivity index is 1.54. The fraction of sp³-hybridized carbons (Fsp3) is 0.0370. The van der Waals surface area contributed by atoms with Gasteiger partial charge in [-0.25, -0.2) is 4.90 Å². The first kappa shape index (κ1) is 20.1. The molecule has 2 amide bonds. The number of thioether (sulfide) groups is 1. The number of nitrogens with zero attached hydrogens (tertiary/aromatic N) is 1. The molecule has 5 heteroatoms. The Bertz CT molecular complexity index is 1390. The molecule has 32 heavy (non-hydrogen) atoms. The van der Waals surface area contributed by atoms with Crippen LogP contribution in [-0.2, 0) is 4.79 Å². The van der Waals surface area contributed by atoms with E-state index in [1.54, 1.807) is 13.2 Å². The van der Waals surface area contributed by atoms with Gasteiger partial charge in [-0.3, -0.25) is 9.59 Å². The first-order chi connectivity index (χ1) is 15.5. The van der Waals surface area contributed by atoms with Crippen molar-refractivity contribution in [2.24, 2.45) is 0 Å². The third kappa shape index (κ3) is 3.47. The maximum absolute atomic E-state index is 12.3. The van der Waals surface area contributed by atoms with Gasteiger partial charge in [-0.1, -0.05) is 61.2 Å². The summed E-state index contributed by atoms with van der Waals surface area (Å²) in [6, 6.07) is 28.1. The second kappa shape index (κ2) is 8.02. The number of carbonyl (C=O) groups is 2. The van der Waals surface area contributed by atoms with E-state index >= 15 is 0 Å². The van der Waals surface area contributed by atoms with Crippen molar-refractivity contribution in [3.05, 3.63) is 96.4 Å². The highest BCUT2D eigenvalue weighted by atomic mass is 32.2. The summed E-state index contributed by atoms with van der Waals surface area (Å²) in [6.07, 6.45) is 0. The van der Waals surface area contributed by atoms with Crippen LogP contribution in [0.5, 0.6) is 5.75 Å². The second-order valence-electron chi connectivity index (χ2n) is 7.46. The van der Waals surface area contributed by atoms with Crippen molar-refractivity contribution in [1.29, 1.82) is 0 Å². The molecule has 0 saturated carbocycles. The summed E-state index contributed by atoms with van der Waals surface area (Å²) >= 11 is 0.872. The SMILES string of the molecule is C=C1SC(=O)N(c2ccc3cc(-c4ccc(OC)c(-c5ccccc5)c4)ccc3c2)C1=O. The van der Waals surface area contributed by atoms with Gasteiger partial charge in [-0.05, 0) is 69.6 Å². The van der Waals surface area contributed by atoms with Gasteiger partial charge in [-0.15, -0.1) is 0 Å². The molecule has 4 aromatic rings. The van der Waals surface area contributed by atoms with Crippen LogP contribution in [0.25, 0.3) is 33.0 Å². The Morgan fingerprint density at radius 2 is 1.47 bits per heavy atom. The minimum absolute atomic E-state index is 0.249. The standard InChI is InChI=1S/C27H19NO3S/c1-17-26(29)28(27(30)32-17)23-12-10-20-14-19(8-9-21(20)15-23)22-11-13-25(31-2)24(16-22)18-6-4-3-5-7-18/h3-16H,1H2,2H3. The van der Waals surface area contributed by atoms with Crippen molar-refractivity contribution < 1.29 is 14.3 Å². The monoisotopic (exact) mass is 437 g/mol. The van der Waals surface area contributed by atoms with Crippen LogP contribution >= 0.6 is 11.8 Å². The summed E-state index contributed by atoms with van der Waals surface area (Å²) in [7, 11) is 1.68.